The zero-order chi connectivity index (χ0) is 13.9. The van der Waals surface area contributed by atoms with Crippen LogP contribution < -0.4 is 0 Å². The zero-order valence-corrected chi connectivity index (χ0v) is 11.0. The van der Waals surface area contributed by atoms with E-state index in [0.29, 0.717) is 13.0 Å². The number of halogens is 1. The fourth-order valence-electron chi connectivity index (χ4n) is 2.17. The summed E-state index contributed by atoms with van der Waals surface area (Å²) in [5.74, 6) is -1.18. The van der Waals surface area contributed by atoms with Crippen molar-refractivity contribution in [3.8, 4) is 0 Å². The second kappa shape index (κ2) is 5.60. The van der Waals surface area contributed by atoms with Crippen LogP contribution >= 0.6 is 0 Å². The third kappa shape index (κ3) is 4.23. The number of hydrogen-bond donors (Lipinski definition) is 0. The van der Waals surface area contributed by atoms with Crippen LogP contribution in [0.25, 0.3) is 0 Å². The molecule has 0 bridgehead atoms. The van der Waals surface area contributed by atoms with Crippen LogP contribution in [0.4, 0.5) is 3.89 Å². The molecule has 1 unspecified atom stereocenters. The van der Waals surface area contributed by atoms with Crippen LogP contribution in [0, 0.1) is 5.92 Å². The van der Waals surface area contributed by atoms with Gasteiger partial charge >= 0.3 is 10.2 Å². The second-order valence-electron chi connectivity index (χ2n) is 4.56. The molecule has 0 radical (unpaired) electrons. The minimum Gasteiger partial charge on any atom is -0.342 e. The maximum absolute atomic E-state index is 12.6. The lowest BCUT2D eigenvalue weighted by atomic mass is 10.1. The van der Waals surface area contributed by atoms with E-state index in [1.807, 2.05) is 0 Å². The molecule has 1 aliphatic heterocycles. The zero-order valence-electron chi connectivity index (χ0n) is 10.2. The molecule has 0 aromatic carbocycles. The van der Waals surface area contributed by atoms with Crippen molar-refractivity contribution in [3.63, 3.8) is 0 Å². The number of hydrogen-bond acceptors (Lipinski definition) is 5. The van der Waals surface area contributed by atoms with Crippen molar-refractivity contribution in [2.24, 2.45) is 5.92 Å². The Kier molecular flexibility index (Phi) is 4.08. The maximum atomic E-state index is 12.6. The van der Waals surface area contributed by atoms with Gasteiger partial charge in [-0.05, 0) is 0 Å². The maximum Gasteiger partial charge on any atom is 0.302 e. The average molecular weight is 287 g/mol. The molecule has 1 saturated heterocycles. The van der Waals surface area contributed by atoms with Gasteiger partial charge < -0.3 is 4.90 Å². The van der Waals surface area contributed by atoms with Crippen LogP contribution in [-0.2, 0) is 21.4 Å². The van der Waals surface area contributed by atoms with Crippen LogP contribution in [0.5, 0.6) is 0 Å². The molecule has 0 spiro atoms. The van der Waals surface area contributed by atoms with Gasteiger partial charge in [-0.1, -0.05) is 0 Å². The Morgan fingerprint density at radius 2 is 2.21 bits per heavy atom. The van der Waals surface area contributed by atoms with Gasteiger partial charge in [0.1, 0.15) is 0 Å². The lowest BCUT2D eigenvalue weighted by Crippen LogP contribution is -2.28. The predicted octanol–water partition coefficient (Wildman–Crippen LogP) is 0.167. The van der Waals surface area contributed by atoms with Gasteiger partial charge in [0.15, 0.2) is 0 Å². The van der Waals surface area contributed by atoms with E-state index >= 15 is 0 Å². The number of nitrogens with zero attached hydrogens (tertiary/aromatic N) is 3. The number of carbonyl (C=O) groups excluding carboxylic acids is 1. The summed E-state index contributed by atoms with van der Waals surface area (Å²) in [7, 11) is -4.52. The highest BCUT2D eigenvalue weighted by atomic mass is 32.3. The predicted molar refractivity (Wildman–Crippen MR) is 65.3 cm³/mol. The SMILES string of the molecule is O=C1CC(CS(=O)(=O)F)CN1CCc1cnccn1. The molecule has 1 amide bonds. The summed E-state index contributed by atoms with van der Waals surface area (Å²) in [5, 5.41) is 0. The van der Waals surface area contributed by atoms with Crippen molar-refractivity contribution in [1.82, 2.24) is 14.9 Å². The number of rotatable bonds is 5. The molecule has 0 saturated carbocycles. The lowest BCUT2D eigenvalue weighted by Gasteiger charge is -2.15. The Bertz CT molecular complexity index is 550. The number of amides is 1. The van der Waals surface area contributed by atoms with E-state index < -0.39 is 21.9 Å². The van der Waals surface area contributed by atoms with Gasteiger partial charge in [-0.2, -0.15) is 8.42 Å². The molecule has 1 atom stereocenters. The summed E-state index contributed by atoms with van der Waals surface area (Å²) >= 11 is 0. The van der Waals surface area contributed by atoms with Crippen LogP contribution in [0.1, 0.15) is 12.1 Å². The summed E-state index contributed by atoms with van der Waals surface area (Å²) < 4.78 is 33.7. The largest absolute Gasteiger partial charge is 0.342 e. The highest BCUT2D eigenvalue weighted by Gasteiger charge is 2.32. The van der Waals surface area contributed by atoms with Crippen LogP contribution in [0.15, 0.2) is 18.6 Å². The van der Waals surface area contributed by atoms with Crippen LogP contribution in [0.2, 0.25) is 0 Å². The highest BCUT2D eigenvalue weighted by Crippen LogP contribution is 2.20. The molecular weight excluding hydrogens is 273 g/mol. The molecule has 1 fully saturated rings. The Labute approximate surface area is 110 Å². The van der Waals surface area contributed by atoms with Crippen LogP contribution in [-0.4, -0.2) is 48.0 Å². The van der Waals surface area contributed by atoms with Crippen molar-refractivity contribution in [2.45, 2.75) is 12.8 Å². The number of carbonyl (C=O) groups is 1. The van der Waals surface area contributed by atoms with E-state index in [1.165, 1.54) is 0 Å². The molecule has 1 aromatic heterocycles. The first-order valence-electron chi connectivity index (χ1n) is 5.89. The highest BCUT2D eigenvalue weighted by molar-refractivity contribution is 7.86. The Hall–Kier alpha value is -1.57. The van der Waals surface area contributed by atoms with Gasteiger partial charge in [0.2, 0.25) is 5.91 Å². The van der Waals surface area contributed by atoms with Crippen molar-refractivity contribution in [2.75, 3.05) is 18.8 Å². The normalized spacial score (nSPS) is 19.9. The monoisotopic (exact) mass is 287 g/mol. The Morgan fingerprint density at radius 1 is 1.42 bits per heavy atom. The third-order valence-electron chi connectivity index (χ3n) is 2.98. The number of aromatic nitrogens is 2. The van der Waals surface area contributed by atoms with Gasteiger partial charge in [0.05, 0.1) is 11.4 Å². The minimum atomic E-state index is -4.52. The Morgan fingerprint density at radius 3 is 2.84 bits per heavy atom. The first kappa shape index (κ1) is 13.9. The molecule has 19 heavy (non-hydrogen) atoms. The van der Waals surface area contributed by atoms with Gasteiger partial charge in [0, 0.05) is 50.4 Å². The molecule has 0 N–H and O–H groups in total. The average Bonchev–Trinajstić information content (AvgIpc) is 2.66. The van der Waals surface area contributed by atoms with E-state index in [4.69, 9.17) is 0 Å². The topological polar surface area (TPSA) is 80.2 Å². The second-order valence-corrected chi connectivity index (χ2v) is 5.97. The van der Waals surface area contributed by atoms with Gasteiger partial charge in [-0.3, -0.25) is 14.8 Å². The molecule has 104 valence electrons. The van der Waals surface area contributed by atoms with Gasteiger partial charge in [-0.15, -0.1) is 3.89 Å². The Balaban J connectivity index is 1.87. The standard InChI is InChI=1S/C11H14FN3O3S/c12-19(17,18)8-9-5-11(16)15(7-9)4-1-10-6-13-2-3-14-10/h2-3,6,9H,1,4-5,7-8H2. The van der Waals surface area contributed by atoms with Gasteiger partial charge in [-0.25, -0.2) is 0 Å². The summed E-state index contributed by atoms with van der Waals surface area (Å²) in [6.45, 7) is 0.725. The first-order chi connectivity index (χ1) is 8.94. The van der Waals surface area contributed by atoms with Crippen molar-refractivity contribution in [1.29, 1.82) is 0 Å². The molecule has 1 aliphatic rings. The van der Waals surface area contributed by atoms with E-state index in [-0.39, 0.29) is 18.9 Å². The number of likely N-dealkylation sites (tertiary alicyclic amines) is 1. The summed E-state index contributed by atoms with van der Waals surface area (Å²) in [5.41, 5.74) is 0.761. The summed E-state index contributed by atoms with van der Waals surface area (Å²) in [6.07, 6.45) is 5.38. The molecule has 2 rings (SSSR count). The fourth-order valence-corrected chi connectivity index (χ4v) is 2.96. The fraction of sp³-hybridized carbons (Fsp3) is 0.545. The van der Waals surface area contributed by atoms with Crippen molar-refractivity contribution in [3.05, 3.63) is 24.3 Å². The molecule has 0 aliphatic carbocycles. The summed E-state index contributed by atoms with van der Waals surface area (Å²) in [4.78, 5) is 21.2. The summed E-state index contributed by atoms with van der Waals surface area (Å²) in [6, 6.07) is 0. The van der Waals surface area contributed by atoms with E-state index in [2.05, 4.69) is 9.97 Å². The van der Waals surface area contributed by atoms with Crippen molar-refractivity contribution < 1.29 is 17.1 Å². The molecular formula is C11H14FN3O3S. The van der Waals surface area contributed by atoms with E-state index in [1.54, 1.807) is 23.5 Å². The quantitative estimate of drug-likeness (QED) is 0.721. The van der Waals surface area contributed by atoms with Crippen LogP contribution in [0.3, 0.4) is 0 Å². The third-order valence-corrected chi connectivity index (χ3v) is 3.85. The van der Waals surface area contributed by atoms with E-state index in [0.717, 1.165) is 5.69 Å². The van der Waals surface area contributed by atoms with Gasteiger partial charge in [0.25, 0.3) is 0 Å². The minimum absolute atomic E-state index is 0.0869. The lowest BCUT2D eigenvalue weighted by molar-refractivity contribution is -0.127. The smallest absolute Gasteiger partial charge is 0.302 e. The molecule has 6 nitrogen and oxygen atoms in total. The van der Waals surface area contributed by atoms with E-state index in [9.17, 15) is 17.1 Å². The van der Waals surface area contributed by atoms with Crippen molar-refractivity contribution >= 4 is 16.1 Å². The molecule has 8 heteroatoms. The first-order valence-corrected chi connectivity index (χ1v) is 7.44. The molecule has 2 heterocycles. The molecule has 1 aromatic rings.